The van der Waals surface area contributed by atoms with Gasteiger partial charge in [0.2, 0.25) is 0 Å². The van der Waals surface area contributed by atoms with Gasteiger partial charge < -0.3 is 10.2 Å². The monoisotopic (exact) mass is 286 g/mol. The average molecular weight is 287 g/mol. The first-order valence-electron chi connectivity index (χ1n) is 5.43. The van der Waals surface area contributed by atoms with E-state index >= 15 is 0 Å². The molecule has 1 fully saturated rings. The van der Waals surface area contributed by atoms with Gasteiger partial charge in [0.1, 0.15) is 5.82 Å². The molecule has 1 aliphatic rings. The smallest absolute Gasteiger partial charge is 0.125 e. The lowest BCUT2D eigenvalue weighted by Crippen LogP contribution is -2.57. The minimum Gasteiger partial charge on any atom is -0.367 e. The number of nitrogens with zero attached hydrogens (tertiary/aromatic N) is 1. The summed E-state index contributed by atoms with van der Waals surface area (Å²) in [5, 5.41) is 3.44. The van der Waals surface area contributed by atoms with Crippen molar-refractivity contribution in [3.05, 3.63) is 28.5 Å². The maximum atomic E-state index is 13.2. The third kappa shape index (κ3) is 2.55. The van der Waals surface area contributed by atoms with E-state index in [0.29, 0.717) is 0 Å². The predicted molar refractivity (Wildman–Crippen MR) is 68.4 cm³/mol. The summed E-state index contributed by atoms with van der Waals surface area (Å²) in [5.74, 6) is -0.186. The molecule has 1 aromatic carbocycles. The lowest BCUT2D eigenvalue weighted by atomic mass is 10.0. The van der Waals surface area contributed by atoms with Crippen LogP contribution in [-0.4, -0.2) is 25.2 Å². The van der Waals surface area contributed by atoms with Crippen LogP contribution in [0.15, 0.2) is 22.7 Å². The molecule has 0 aliphatic carbocycles. The lowest BCUT2D eigenvalue weighted by Gasteiger charge is -2.40. The number of benzene rings is 1. The van der Waals surface area contributed by atoms with E-state index in [4.69, 9.17) is 0 Å². The number of piperazine rings is 1. The van der Waals surface area contributed by atoms with Crippen LogP contribution in [0.25, 0.3) is 0 Å². The minimum atomic E-state index is -0.186. The maximum absolute atomic E-state index is 13.2. The molecule has 0 bridgehead atoms. The van der Waals surface area contributed by atoms with Crippen molar-refractivity contribution >= 4 is 21.6 Å². The van der Waals surface area contributed by atoms with Crippen molar-refractivity contribution in [2.45, 2.75) is 19.4 Å². The molecule has 0 atom stereocenters. The van der Waals surface area contributed by atoms with Crippen molar-refractivity contribution in [1.29, 1.82) is 0 Å². The zero-order chi connectivity index (χ0) is 11.8. The van der Waals surface area contributed by atoms with E-state index in [0.717, 1.165) is 29.8 Å². The molecule has 88 valence electrons. The first-order valence-corrected chi connectivity index (χ1v) is 6.22. The van der Waals surface area contributed by atoms with Crippen molar-refractivity contribution < 1.29 is 4.39 Å². The van der Waals surface area contributed by atoms with Gasteiger partial charge in [-0.2, -0.15) is 0 Å². The van der Waals surface area contributed by atoms with Crippen LogP contribution in [-0.2, 0) is 0 Å². The number of nitrogens with one attached hydrogen (secondary N) is 1. The number of rotatable bonds is 1. The lowest BCUT2D eigenvalue weighted by molar-refractivity contribution is 0.352. The van der Waals surface area contributed by atoms with Gasteiger partial charge in [-0.3, -0.25) is 0 Å². The number of hydrogen-bond acceptors (Lipinski definition) is 2. The van der Waals surface area contributed by atoms with Crippen LogP contribution in [0, 0.1) is 5.82 Å². The summed E-state index contributed by atoms with van der Waals surface area (Å²) in [6.45, 7) is 7.04. The fraction of sp³-hybridized carbons (Fsp3) is 0.500. The molecule has 1 aliphatic heterocycles. The van der Waals surface area contributed by atoms with E-state index in [1.165, 1.54) is 6.07 Å². The highest BCUT2D eigenvalue weighted by atomic mass is 79.9. The van der Waals surface area contributed by atoms with Gasteiger partial charge in [-0.15, -0.1) is 0 Å². The van der Waals surface area contributed by atoms with Crippen LogP contribution in [0.4, 0.5) is 10.1 Å². The minimum absolute atomic E-state index is 0.0734. The predicted octanol–water partition coefficient (Wildman–Crippen LogP) is 2.78. The third-order valence-electron chi connectivity index (χ3n) is 2.82. The molecule has 0 spiro atoms. The summed E-state index contributed by atoms with van der Waals surface area (Å²) in [6, 6.07) is 4.83. The van der Waals surface area contributed by atoms with E-state index < -0.39 is 0 Å². The molecule has 1 heterocycles. The first kappa shape index (κ1) is 11.9. The molecule has 1 saturated heterocycles. The molecular weight excluding hydrogens is 271 g/mol. The molecule has 0 unspecified atom stereocenters. The summed E-state index contributed by atoms with van der Waals surface area (Å²) in [6.07, 6.45) is 0. The Morgan fingerprint density at radius 3 is 2.88 bits per heavy atom. The largest absolute Gasteiger partial charge is 0.367 e. The van der Waals surface area contributed by atoms with Crippen LogP contribution in [0.5, 0.6) is 0 Å². The van der Waals surface area contributed by atoms with Crippen LogP contribution < -0.4 is 10.2 Å². The molecule has 1 aromatic rings. The highest BCUT2D eigenvalue weighted by molar-refractivity contribution is 9.10. The highest BCUT2D eigenvalue weighted by Crippen LogP contribution is 2.29. The van der Waals surface area contributed by atoms with Crippen LogP contribution in [0.3, 0.4) is 0 Å². The Kier molecular flexibility index (Phi) is 3.22. The molecule has 0 saturated carbocycles. The van der Waals surface area contributed by atoms with Gasteiger partial charge in [0.15, 0.2) is 0 Å². The summed E-state index contributed by atoms with van der Waals surface area (Å²) in [5.41, 5.74) is 1.01. The third-order valence-corrected chi connectivity index (χ3v) is 3.49. The van der Waals surface area contributed by atoms with Gasteiger partial charge in [-0.1, -0.05) is 0 Å². The van der Waals surface area contributed by atoms with E-state index in [1.807, 2.05) is 0 Å². The van der Waals surface area contributed by atoms with Gasteiger partial charge in [0.05, 0.1) is 5.69 Å². The van der Waals surface area contributed by atoms with Crippen LogP contribution in [0.1, 0.15) is 13.8 Å². The quantitative estimate of drug-likeness (QED) is 0.854. The van der Waals surface area contributed by atoms with Gasteiger partial charge in [-0.05, 0) is 48.0 Å². The van der Waals surface area contributed by atoms with Crippen molar-refractivity contribution in [1.82, 2.24) is 5.32 Å². The standard InChI is InChI=1S/C12H16BrFN2/c1-12(2)8-16(6-5-15-12)11-7-9(14)3-4-10(11)13/h3-4,7,15H,5-6,8H2,1-2H3. The van der Waals surface area contributed by atoms with Crippen molar-refractivity contribution in [2.24, 2.45) is 0 Å². The topological polar surface area (TPSA) is 15.3 Å². The fourth-order valence-electron chi connectivity index (χ4n) is 2.08. The second kappa shape index (κ2) is 4.34. The summed E-state index contributed by atoms with van der Waals surface area (Å²) in [7, 11) is 0. The Morgan fingerprint density at radius 1 is 1.44 bits per heavy atom. The van der Waals surface area contributed by atoms with Gasteiger partial charge in [-0.25, -0.2) is 4.39 Å². The highest BCUT2D eigenvalue weighted by Gasteiger charge is 2.26. The van der Waals surface area contributed by atoms with E-state index in [2.05, 4.69) is 40.0 Å². The second-order valence-corrected chi connectivity index (χ2v) is 5.68. The Morgan fingerprint density at radius 2 is 2.19 bits per heavy atom. The van der Waals surface area contributed by atoms with E-state index in [9.17, 15) is 4.39 Å². The summed E-state index contributed by atoms with van der Waals surface area (Å²) >= 11 is 3.47. The summed E-state index contributed by atoms with van der Waals surface area (Å²) < 4.78 is 14.2. The van der Waals surface area contributed by atoms with E-state index in [1.54, 1.807) is 12.1 Å². The van der Waals surface area contributed by atoms with Gasteiger partial charge in [0, 0.05) is 29.6 Å². The maximum Gasteiger partial charge on any atom is 0.125 e. The molecule has 0 amide bonds. The Labute approximate surface area is 104 Å². The normalized spacial score (nSPS) is 19.9. The number of anilines is 1. The zero-order valence-electron chi connectivity index (χ0n) is 9.56. The molecule has 0 aromatic heterocycles. The van der Waals surface area contributed by atoms with Crippen LogP contribution >= 0.6 is 15.9 Å². The van der Waals surface area contributed by atoms with Crippen LogP contribution in [0.2, 0.25) is 0 Å². The molecular formula is C12H16BrFN2. The van der Waals surface area contributed by atoms with Crippen molar-refractivity contribution in [3.8, 4) is 0 Å². The average Bonchev–Trinajstić information content (AvgIpc) is 2.20. The molecule has 0 radical (unpaired) electrons. The second-order valence-electron chi connectivity index (χ2n) is 4.83. The van der Waals surface area contributed by atoms with E-state index in [-0.39, 0.29) is 11.4 Å². The summed E-state index contributed by atoms with van der Waals surface area (Å²) in [4.78, 5) is 2.21. The SMILES string of the molecule is CC1(C)CN(c2cc(F)ccc2Br)CCN1. The molecule has 2 nitrogen and oxygen atoms in total. The zero-order valence-corrected chi connectivity index (χ0v) is 11.1. The van der Waals surface area contributed by atoms with Gasteiger partial charge >= 0.3 is 0 Å². The molecule has 4 heteroatoms. The van der Waals surface area contributed by atoms with Gasteiger partial charge in [0.25, 0.3) is 0 Å². The fourth-order valence-corrected chi connectivity index (χ4v) is 2.57. The Hall–Kier alpha value is -0.610. The van der Waals surface area contributed by atoms with Crippen molar-refractivity contribution in [2.75, 3.05) is 24.5 Å². The van der Waals surface area contributed by atoms with Crippen molar-refractivity contribution in [3.63, 3.8) is 0 Å². The number of halogens is 2. The Balaban J connectivity index is 2.26. The first-order chi connectivity index (χ1) is 7.48. The molecule has 2 rings (SSSR count). The molecule has 16 heavy (non-hydrogen) atoms. The number of hydrogen-bond donors (Lipinski definition) is 1. The Bertz CT molecular complexity index is 393. The molecule has 1 N–H and O–H groups in total.